The van der Waals surface area contributed by atoms with Crippen molar-refractivity contribution in [3.63, 3.8) is 0 Å². The van der Waals surface area contributed by atoms with Gasteiger partial charge in [0.1, 0.15) is 30.7 Å². The average Bonchev–Trinajstić information content (AvgIpc) is 3.70. The summed E-state index contributed by atoms with van der Waals surface area (Å²) in [6.45, 7) is 5.22. The van der Waals surface area contributed by atoms with Gasteiger partial charge in [0, 0.05) is 0 Å². The van der Waals surface area contributed by atoms with Gasteiger partial charge in [-0.1, -0.05) is 97.1 Å². The standard InChI is InChI=1S/C37H30N2O2/c1-37(2,35-38-31(21-40-35)33-27-15-7-3-11-23(27)19-24-12-4-8-16-28(24)33)36-39-32(22-41-36)34-29-17-9-5-13-25(29)20-26-14-6-10-18-30(26)34/h3-20,31-32H,21-22H2,1-2H3/t31-,32-/m1/s1. The van der Waals surface area contributed by atoms with Gasteiger partial charge in [-0.2, -0.15) is 0 Å². The van der Waals surface area contributed by atoms with E-state index in [1.807, 2.05) is 0 Å². The molecule has 4 heteroatoms. The first-order chi connectivity index (χ1) is 20.1. The molecule has 0 fully saturated rings. The van der Waals surface area contributed by atoms with Crippen molar-refractivity contribution in [1.29, 1.82) is 0 Å². The Bertz CT molecular complexity index is 1800. The third-order valence-corrected chi connectivity index (χ3v) is 8.66. The predicted molar refractivity (Wildman–Crippen MR) is 169 cm³/mol. The SMILES string of the molecule is CC(C)(C1=N[C@@H](c2c3ccccc3cc3ccccc23)CO1)C1=N[C@@H](c2c3ccccc3cc3ccccc23)CO1. The van der Waals surface area contributed by atoms with Gasteiger partial charge in [0.25, 0.3) is 0 Å². The topological polar surface area (TPSA) is 43.2 Å². The van der Waals surface area contributed by atoms with Crippen LogP contribution in [-0.4, -0.2) is 25.0 Å². The minimum Gasteiger partial charge on any atom is -0.478 e. The van der Waals surface area contributed by atoms with E-state index < -0.39 is 5.41 Å². The molecule has 6 aromatic carbocycles. The molecule has 0 spiro atoms. The van der Waals surface area contributed by atoms with Crippen molar-refractivity contribution in [2.75, 3.05) is 13.2 Å². The molecule has 2 atom stereocenters. The quantitative estimate of drug-likeness (QED) is 0.212. The molecule has 0 aromatic heterocycles. The number of rotatable bonds is 4. The summed E-state index contributed by atoms with van der Waals surface area (Å²) < 4.78 is 12.7. The molecule has 6 aromatic rings. The first-order valence-corrected chi connectivity index (χ1v) is 14.3. The van der Waals surface area contributed by atoms with E-state index in [1.165, 1.54) is 54.2 Å². The lowest BCUT2D eigenvalue weighted by atomic mass is 9.91. The third kappa shape index (κ3) is 3.81. The highest BCUT2D eigenvalue weighted by atomic mass is 16.5. The number of hydrogen-bond donors (Lipinski definition) is 0. The second-order valence-electron chi connectivity index (χ2n) is 11.6. The number of nitrogens with zero attached hydrogens (tertiary/aromatic N) is 2. The minimum absolute atomic E-state index is 0.0971. The molecule has 200 valence electrons. The average molecular weight is 535 g/mol. The lowest BCUT2D eigenvalue weighted by molar-refractivity contribution is 0.265. The summed E-state index contributed by atoms with van der Waals surface area (Å²) >= 11 is 0. The first kappa shape index (κ1) is 24.1. The van der Waals surface area contributed by atoms with Crippen molar-refractivity contribution < 1.29 is 9.47 Å². The summed E-state index contributed by atoms with van der Waals surface area (Å²) in [6.07, 6.45) is 0. The Balaban J connectivity index is 1.20. The predicted octanol–water partition coefficient (Wildman–Crippen LogP) is 8.97. The van der Waals surface area contributed by atoms with Crippen molar-refractivity contribution in [2.24, 2.45) is 15.4 Å². The summed E-state index contributed by atoms with van der Waals surface area (Å²) in [4.78, 5) is 10.4. The van der Waals surface area contributed by atoms with Crippen LogP contribution in [0.25, 0.3) is 43.1 Å². The van der Waals surface area contributed by atoms with Crippen molar-refractivity contribution in [3.05, 3.63) is 120 Å². The van der Waals surface area contributed by atoms with Crippen LogP contribution in [0.15, 0.2) is 119 Å². The lowest BCUT2D eigenvalue weighted by Gasteiger charge is -2.22. The molecule has 4 nitrogen and oxygen atoms in total. The summed E-state index contributed by atoms with van der Waals surface area (Å²) in [5.74, 6) is 1.36. The molecule has 2 aliphatic heterocycles. The van der Waals surface area contributed by atoms with E-state index in [-0.39, 0.29) is 12.1 Å². The molecule has 0 N–H and O–H groups in total. The zero-order valence-corrected chi connectivity index (χ0v) is 23.2. The van der Waals surface area contributed by atoms with Crippen LogP contribution in [0.5, 0.6) is 0 Å². The fourth-order valence-corrected chi connectivity index (χ4v) is 6.63. The smallest absolute Gasteiger partial charge is 0.199 e. The molecule has 0 aliphatic carbocycles. The molecule has 2 aliphatic rings. The Kier molecular flexibility index (Phi) is 5.40. The summed E-state index contributed by atoms with van der Waals surface area (Å²) in [7, 11) is 0. The second kappa shape index (κ2) is 9.17. The number of aliphatic imine (C=N–C) groups is 2. The van der Waals surface area contributed by atoms with Crippen LogP contribution in [-0.2, 0) is 9.47 Å². The molecular weight excluding hydrogens is 504 g/mol. The summed E-state index contributed by atoms with van der Waals surface area (Å²) in [5, 5.41) is 9.77. The minimum atomic E-state index is -0.593. The van der Waals surface area contributed by atoms with Crippen molar-refractivity contribution in [3.8, 4) is 0 Å². The zero-order chi connectivity index (χ0) is 27.6. The zero-order valence-electron chi connectivity index (χ0n) is 23.2. The molecule has 0 bridgehead atoms. The van der Waals surface area contributed by atoms with Crippen molar-refractivity contribution >= 4 is 54.9 Å². The van der Waals surface area contributed by atoms with Gasteiger partial charge in [0.05, 0.1) is 0 Å². The van der Waals surface area contributed by atoms with Crippen LogP contribution < -0.4 is 0 Å². The Morgan fingerprint density at radius 3 is 1.17 bits per heavy atom. The van der Waals surface area contributed by atoms with E-state index in [4.69, 9.17) is 19.5 Å². The van der Waals surface area contributed by atoms with E-state index >= 15 is 0 Å². The fourth-order valence-electron chi connectivity index (χ4n) is 6.63. The van der Waals surface area contributed by atoms with Crippen LogP contribution in [0.1, 0.15) is 37.1 Å². The molecule has 8 rings (SSSR count). The van der Waals surface area contributed by atoms with Gasteiger partial charge in [-0.25, -0.2) is 9.98 Å². The van der Waals surface area contributed by atoms with Gasteiger partial charge < -0.3 is 9.47 Å². The maximum atomic E-state index is 6.37. The van der Waals surface area contributed by atoms with E-state index in [9.17, 15) is 0 Å². The van der Waals surface area contributed by atoms with E-state index in [0.717, 1.165) is 0 Å². The van der Waals surface area contributed by atoms with E-state index in [2.05, 4.69) is 123 Å². The molecule has 0 unspecified atom stereocenters. The Hall–Kier alpha value is -4.70. The van der Waals surface area contributed by atoms with Gasteiger partial charge in [-0.05, 0) is 80.2 Å². The lowest BCUT2D eigenvalue weighted by Crippen LogP contribution is -2.34. The number of benzene rings is 6. The number of hydrogen-bond acceptors (Lipinski definition) is 4. The fraction of sp³-hybridized carbons (Fsp3) is 0.189. The molecule has 0 saturated carbocycles. The molecule has 0 amide bonds. The highest BCUT2D eigenvalue weighted by Crippen LogP contribution is 2.42. The van der Waals surface area contributed by atoms with Crippen LogP contribution in [0.4, 0.5) is 0 Å². The Morgan fingerprint density at radius 1 is 0.512 bits per heavy atom. The second-order valence-corrected chi connectivity index (χ2v) is 11.6. The Labute approximate surface area is 239 Å². The van der Waals surface area contributed by atoms with Crippen LogP contribution in [0, 0.1) is 5.41 Å². The molecule has 0 radical (unpaired) electrons. The summed E-state index contributed by atoms with van der Waals surface area (Å²) in [6, 6.07) is 38.6. The molecule has 41 heavy (non-hydrogen) atoms. The maximum absolute atomic E-state index is 6.37. The normalized spacial score (nSPS) is 19.0. The number of fused-ring (bicyclic) bond motifs is 4. The molecule has 2 heterocycles. The largest absolute Gasteiger partial charge is 0.478 e. The monoisotopic (exact) mass is 534 g/mol. The van der Waals surface area contributed by atoms with E-state index in [0.29, 0.717) is 25.0 Å². The van der Waals surface area contributed by atoms with Gasteiger partial charge in [0.15, 0.2) is 11.8 Å². The van der Waals surface area contributed by atoms with Gasteiger partial charge in [-0.3, -0.25) is 0 Å². The van der Waals surface area contributed by atoms with Crippen molar-refractivity contribution in [2.45, 2.75) is 25.9 Å². The van der Waals surface area contributed by atoms with Gasteiger partial charge in [-0.15, -0.1) is 0 Å². The molecule has 0 saturated heterocycles. The van der Waals surface area contributed by atoms with Crippen LogP contribution >= 0.6 is 0 Å². The maximum Gasteiger partial charge on any atom is 0.199 e. The van der Waals surface area contributed by atoms with Crippen molar-refractivity contribution in [1.82, 2.24) is 0 Å². The Morgan fingerprint density at radius 2 is 0.829 bits per heavy atom. The highest BCUT2D eigenvalue weighted by molar-refractivity contribution is 6.08. The third-order valence-electron chi connectivity index (χ3n) is 8.66. The van der Waals surface area contributed by atoms with Gasteiger partial charge >= 0.3 is 0 Å². The van der Waals surface area contributed by atoms with Crippen LogP contribution in [0.2, 0.25) is 0 Å². The van der Waals surface area contributed by atoms with Gasteiger partial charge in [0.2, 0.25) is 0 Å². The van der Waals surface area contributed by atoms with Crippen LogP contribution in [0.3, 0.4) is 0 Å². The first-order valence-electron chi connectivity index (χ1n) is 14.3. The summed E-state index contributed by atoms with van der Waals surface area (Å²) in [5.41, 5.74) is 1.85. The molecular formula is C37H30N2O2. The highest BCUT2D eigenvalue weighted by Gasteiger charge is 2.42. The van der Waals surface area contributed by atoms with E-state index in [1.54, 1.807) is 0 Å². The number of ether oxygens (including phenoxy) is 2.